The molecule has 0 aliphatic rings. The number of aryl methyl sites for hydroxylation is 1. The summed E-state index contributed by atoms with van der Waals surface area (Å²) in [6, 6.07) is 12.7. The smallest absolute Gasteiger partial charge is 0.242 e. The lowest BCUT2D eigenvalue weighted by Gasteiger charge is -2.07. The molecule has 0 atom stereocenters. The van der Waals surface area contributed by atoms with E-state index < -0.39 is 15.8 Å². The highest BCUT2D eigenvalue weighted by Crippen LogP contribution is 2.17. The lowest BCUT2D eigenvalue weighted by atomic mass is 10.2. The SMILES string of the molecule is Cc1cc(F)ccc1S(=O)(=O)NCc1nc(-c2ccccc2)no1. The van der Waals surface area contributed by atoms with Crippen LogP contribution >= 0.6 is 0 Å². The number of hydrogen-bond donors (Lipinski definition) is 1. The number of halogens is 1. The Morgan fingerprint density at radius 3 is 2.62 bits per heavy atom. The standard InChI is InChI=1S/C16H14FN3O3S/c1-11-9-13(17)7-8-14(11)24(21,22)18-10-15-19-16(20-23-15)12-5-3-2-4-6-12/h2-9,18H,10H2,1H3. The van der Waals surface area contributed by atoms with Crippen molar-refractivity contribution in [2.45, 2.75) is 18.4 Å². The van der Waals surface area contributed by atoms with Gasteiger partial charge in [0.15, 0.2) is 0 Å². The number of rotatable bonds is 5. The molecule has 0 unspecified atom stereocenters. The molecule has 0 bridgehead atoms. The highest BCUT2D eigenvalue weighted by molar-refractivity contribution is 7.89. The van der Waals surface area contributed by atoms with E-state index in [1.54, 1.807) is 0 Å². The fourth-order valence-corrected chi connectivity index (χ4v) is 3.38. The second-order valence-corrected chi connectivity index (χ2v) is 6.85. The number of nitrogens with one attached hydrogen (secondary N) is 1. The molecule has 1 aromatic heterocycles. The van der Waals surface area contributed by atoms with E-state index in [1.807, 2.05) is 30.3 Å². The molecule has 0 radical (unpaired) electrons. The summed E-state index contributed by atoms with van der Waals surface area (Å²) >= 11 is 0. The van der Waals surface area contributed by atoms with Gasteiger partial charge in [-0.2, -0.15) is 4.98 Å². The highest BCUT2D eigenvalue weighted by Gasteiger charge is 2.18. The molecule has 0 amide bonds. The molecule has 124 valence electrons. The van der Waals surface area contributed by atoms with Gasteiger partial charge in [0.2, 0.25) is 21.7 Å². The van der Waals surface area contributed by atoms with Crippen molar-refractivity contribution in [1.82, 2.24) is 14.9 Å². The van der Waals surface area contributed by atoms with E-state index in [2.05, 4.69) is 14.9 Å². The van der Waals surface area contributed by atoms with E-state index in [0.717, 1.165) is 17.7 Å². The van der Waals surface area contributed by atoms with Crippen LogP contribution in [0.1, 0.15) is 11.5 Å². The fourth-order valence-electron chi connectivity index (χ4n) is 2.18. The van der Waals surface area contributed by atoms with E-state index in [1.165, 1.54) is 13.0 Å². The summed E-state index contributed by atoms with van der Waals surface area (Å²) in [6.07, 6.45) is 0. The van der Waals surface area contributed by atoms with E-state index in [9.17, 15) is 12.8 Å². The van der Waals surface area contributed by atoms with Gasteiger partial charge in [0.05, 0.1) is 11.4 Å². The van der Waals surface area contributed by atoms with Crippen molar-refractivity contribution in [3.05, 3.63) is 65.8 Å². The minimum absolute atomic E-state index is 0.00620. The first-order chi connectivity index (χ1) is 11.5. The summed E-state index contributed by atoms with van der Waals surface area (Å²) in [5.41, 5.74) is 1.09. The Morgan fingerprint density at radius 2 is 1.92 bits per heavy atom. The molecule has 6 nitrogen and oxygen atoms in total. The molecule has 3 aromatic rings. The van der Waals surface area contributed by atoms with Gasteiger partial charge < -0.3 is 4.52 Å². The number of hydrogen-bond acceptors (Lipinski definition) is 5. The van der Waals surface area contributed by atoms with Crippen molar-refractivity contribution in [2.75, 3.05) is 0 Å². The third kappa shape index (κ3) is 3.50. The molecule has 1 N–H and O–H groups in total. The largest absolute Gasteiger partial charge is 0.338 e. The number of aromatic nitrogens is 2. The summed E-state index contributed by atoms with van der Waals surface area (Å²) in [6.45, 7) is 1.37. The summed E-state index contributed by atoms with van der Waals surface area (Å²) in [4.78, 5) is 4.16. The highest BCUT2D eigenvalue weighted by atomic mass is 32.2. The van der Waals surface area contributed by atoms with Gasteiger partial charge in [0.25, 0.3) is 0 Å². The van der Waals surface area contributed by atoms with Crippen LogP contribution in [0.3, 0.4) is 0 Å². The van der Waals surface area contributed by atoms with Crippen LogP contribution < -0.4 is 4.72 Å². The normalized spacial score (nSPS) is 11.6. The third-order valence-electron chi connectivity index (χ3n) is 3.34. The number of nitrogens with zero attached hydrogens (tertiary/aromatic N) is 2. The van der Waals surface area contributed by atoms with Gasteiger partial charge in [-0.3, -0.25) is 0 Å². The van der Waals surface area contributed by atoms with Crippen LogP contribution in [0.4, 0.5) is 4.39 Å². The maximum Gasteiger partial charge on any atom is 0.242 e. The minimum Gasteiger partial charge on any atom is -0.338 e. The Bertz CT molecular complexity index is 956. The quantitative estimate of drug-likeness (QED) is 0.767. The zero-order valence-electron chi connectivity index (χ0n) is 12.7. The molecule has 2 aromatic carbocycles. The zero-order valence-corrected chi connectivity index (χ0v) is 13.5. The van der Waals surface area contributed by atoms with Crippen molar-refractivity contribution in [2.24, 2.45) is 0 Å². The first-order valence-electron chi connectivity index (χ1n) is 7.09. The fraction of sp³-hybridized carbons (Fsp3) is 0.125. The van der Waals surface area contributed by atoms with Gasteiger partial charge in [0.1, 0.15) is 5.82 Å². The first-order valence-corrected chi connectivity index (χ1v) is 8.58. The molecule has 0 aliphatic carbocycles. The molecule has 8 heteroatoms. The van der Waals surface area contributed by atoms with Gasteiger partial charge in [-0.15, -0.1) is 0 Å². The number of benzene rings is 2. The Hall–Kier alpha value is -2.58. The van der Waals surface area contributed by atoms with E-state index in [4.69, 9.17) is 4.52 Å². The van der Waals surface area contributed by atoms with Crippen molar-refractivity contribution in [1.29, 1.82) is 0 Å². The first kappa shape index (κ1) is 16.3. The third-order valence-corrected chi connectivity index (χ3v) is 4.90. The molecule has 0 spiro atoms. The molecule has 3 rings (SSSR count). The van der Waals surface area contributed by atoms with E-state index >= 15 is 0 Å². The topological polar surface area (TPSA) is 85.1 Å². The van der Waals surface area contributed by atoms with E-state index in [-0.39, 0.29) is 17.3 Å². The maximum atomic E-state index is 13.1. The molecule has 0 saturated carbocycles. The van der Waals surface area contributed by atoms with Gasteiger partial charge in [-0.1, -0.05) is 35.5 Å². The van der Waals surface area contributed by atoms with Crippen molar-refractivity contribution < 1.29 is 17.3 Å². The van der Waals surface area contributed by atoms with Gasteiger partial charge in [0, 0.05) is 5.56 Å². The van der Waals surface area contributed by atoms with E-state index in [0.29, 0.717) is 11.4 Å². The molecule has 1 heterocycles. The summed E-state index contributed by atoms with van der Waals surface area (Å²) in [5, 5.41) is 3.82. The van der Waals surface area contributed by atoms with Crippen molar-refractivity contribution >= 4 is 10.0 Å². The van der Waals surface area contributed by atoms with Crippen molar-refractivity contribution in [3.8, 4) is 11.4 Å². The predicted octanol–water partition coefficient (Wildman–Crippen LogP) is 2.66. The summed E-state index contributed by atoms with van der Waals surface area (Å²) < 4.78 is 45.1. The lowest BCUT2D eigenvalue weighted by molar-refractivity contribution is 0.376. The second-order valence-electron chi connectivity index (χ2n) is 5.11. The average molecular weight is 347 g/mol. The molecule has 24 heavy (non-hydrogen) atoms. The molecule has 0 saturated heterocycles. The molecular formula is C16H14FN3O3S. The van der Waals surface area contributed by atoms with Gasteiger partial charge in [-0.25, -0.2) is 17.5 Å². The summed E-state index contributed by atoms with van der Waals surface area (Å²) in [7, 11) is -3.81. The Labute approximate surface area is 138 Å². The Morgan fingerprint density at radius 1 is 1.17 bits per heavy atom. The van der Waals surface area contributed by atoms with Gasteiger partial charge >= 0.3 is 0 Å². The van der Waals surface area contributed by atoms with Crippen LogP contribution in [0.15, 0.2) is 57.9 Å². The summed E-state index contributed by atoms with van der Waals surface area (Å²) in [5.74, 6) is 0.0239. The van der Waals surface area contributed by atoms with Crippen molar-refractivity contribution in [3.63, 3.8) is 0 Å². The van der Waals surface area contributed by atoms with Crippen LogP contribution in [-0.2, 0) is 16.6 Å². The molecule has 0 aliphatic heterocycles. The average Bonchev–Trinajstić information content (AvgIpc) is 3.02. The van der Waals surface area contributed by atoms with Crippen LogP contribution in [0.2, 0.25) is 0 Å². The van der Waals surface area contributed by atoms with Crippen LogP contribution in [0.5, 0.6) is 0 Å². The van der Waals surface area contributed by atoms with Crippen LogP contribution in [0, 0.1) is 12.7 Å². The predicted molar refractivity (Wildman–Crippen MR) is 84.9 cm³/mol. The Kier molecular flexibility index (Phi) is 4.41. The second kappa shape index (κ2) is 6.50. The minimum atomic E-state index is -3.81. The van der Waals surface area contributed by atoms with Gasteiger partial charge in [-0.05, 0) is 30.7 Å². The lowest BCUT2D eigenvalue weighted by Crippen LogP contribution is -2.24. The Balaban J connectivity index is 1.75. The molecular weight excluding hydrogens is 333 g/mol. The number of sulfonamides is 1. The zero-order chi connectivity index (χ0) is 17.2. The van der Waals surface area contributed by atoms with Crippen LogP contribution in [0.25, 0.3) is 11.4 Å². The molecule has 0 fully saturated rings. The maximum absolute atomic E-state index is 13.1. The monoisotopic (exact) mass is 347 g/mol. The van der Waals surface area contributed by atoms with Crippen LogP contribution in [-0.4, -0.2) is 18.6 Å².